The molecule has 1 N–H and O–H groups in total. The maximum absolute atomic E-state index is 11.3. The van der Waals surface area contributed by atoms with Gasteiger partial charge in [0.1, 0.15) is 11.6 Å². The molecular weight excluding hydrogens is 232 g/mol. The van der Waals surface area contributed by atoms with Crippen molar-refractivity contribution in [2.45, 2.75) is 58.8 Å². The van der Waals surface area contributed by atoms with Crippen molar-refractivity contribution in [1.82, 2.24) is 10.6 Å². The van der Waals surface area contributed by atoms with Gasteiger partial charge in [0.2, 0.25) is 0 Å². The number of hydroxylamine groups is 1. The number of Topliss-reactive ketones (excluding diaryl/α,β-unsaturated/α-hetero) is 2. The molecule has 5 nitrogen and oxygen atoms in total. The number of carbonyl (C=O) groups is 2. The van der Waals surface area contributed by atoms with Gasteiger partial charge in [-0.1, -0.05) is 6.42 Å². The Balaban J connectivity index is 3.24. The summed E-state index contributed by atoms with van der Waals surface area (Å²) in [5, 5.41) is 12.1. The van der Waals surface area contributed by atoms with Crippen molar-refractivity contribution in [2.24, 2.45) is 0 Å². The van der Waals surface area contributed by atoms with Crippen LogP contribution in [0.25, 0.3) is 0 Å². The fraction of sp³-hybridized carbons (Fsp3) is 0.846. The van der Waals surface area contributed by atoms with Gasteiger partial charge in [-0.15, -0.1) is 0 Å². The molecule has 0 aliphatic rings. The molecule has 0 atom stereocenters. The van der Waals surface area contributed by atoms with Gasteiger partial charge in [0.25, 0.3) is 0 Å². The molecule has 0 heterocycles. The van der Waals surface area contributed by atoms with E-state index in [4.69, 9.17) is 0 Å². The molecule has 0 aromatic rings. The highest BCUT2D eigenvalue weighted by Gasteiger charge is 1.96. The average molecular weight is 257 g/mol. The van der Waals surface area contributed by atoms with Gasteiger partial charge in [-0.05, 0) is 46.1 Å². The van der Waals surface area contributed by atoms with Crippen LogP contribution in [0.15, 0.2) is 0 Å². The van der Waals surface area contributed by atoms with E-state index in [9.17, 15) is 14.8 Å². The van der Waals surface area contributed by atoms with Crippen molar-refractivity contribution in [3.05, 3.63) is 5.21 Å². The molecule has 0 saturated heterocycles. The van der Waals surface area contributed by atoms with Crippen LogP contribution < -0.4 is 5.43 Å². The van der Waals surface area contributed by atoms with Crippen molar-refractivity contribution in [2.75, 3.05) is 13.1 Å². The second kappa shape index (κ2) is 11.3. The molecular formula is C13H25N2O3-. The molecule has 0 radical (unpaired) electrons. The minimum atomic E-state index is 0.172. The number of hydrazine groups is 1. The van der Waals surface area contributed by atoms with Gasteiger partial charge in [-0.2, -0.15) is 0 Å². The predicted molar refractivity (Wildman–Crippen MR) is 71.8 cm³/mol. The van der Waals surface area contributed by atoms with E-state index >= 15 is 0 Å². The summed E-state index contributed by atoms with van der Waals surface area (Å²) in [7, 11) is 0. The SMILES string of the molecule is CC(=O)CCCCCNN([O-])CCCCC(C)=O. The number of rotatable bonds is 12. The average Bonchev–Trinajstić information content (AvgIpc) is 2.28. The topological polar surface area (TPSA) is 72.5 Å². The van der Waals surface area contributed by atoms with Crippen LogP contribution in [0.4, 0.5) is 0 Å². The van der Waals surface area contributed by atoms with Crippen molar-refractivity contribution < 1.29 is 9.59 Å². The van der Waals surface area contributed by atoms with E-state index in [-0.39, 0.29) is 11.6 Å². The van der Waals surface area contributed by atoms with Crippen LogP contribution in [0.5, 0.6) is 0 Å². The van der Waals surface area contributed by atoms with Crippen molar-refractivity contribution in [3.8, 4) is 0 Å². The fourth-order valence-corrected chi connectivity index (χ4v) is 1.59. The Labute approximate surface area is 109 Å². The zero-order valence-electron chi connectivity index (χ0n) is 11.5. The minimum absolute atomic E-state index is 0.172. The van der Waals surface area contributed by atoms with E-state index in [0.29, 0.717) is 25.9 Å². The van der Waals surface area contributed by atoms with Crippen molar-refractivity contribution >= 4 is 11.6 Å². The molecule has 18 heavy (non-hydrogen) atoms. The number of hydrogen-bond donors (Lipinski definition) is 1. The molecule has 0 amide bonds. The number of unbranched alkanes of at least 4 members (excludes halogenated alkanes) is 3. The highest BCUT2D eigenvalue weighted by molar-refractivity contribution is 5.75. The summed E-state index contributed by atoms with van der Waals surface area (Å²) in [5.41, 5.74) is 2.77. The molecule has 0 spiro atoms. The standard InChI is InChI=1S/C13H25N2O3/c1-12(16)8-4-3-6-10-14-15(18)11-7-5-9-13(2)17/h14H,3-11H2,1-2H3/q-1. The Morgan fingerprint density at radius 2 is 1.50 bits per heavy atom. The van der Waals surface area contributed by atoms with Crippen LogP contribution in [0.3, 0.4) is 0 Å². The number of hydrogen-bond acceptors (Lipinski definition) is 5. The molecule has 0 saturated carbocycles. The van der Waals surface area contributed by atoms with E-state index in [0.717, 1.165) is 37.3 Å². The zero-order valence-corrected chi connectivity index (χ0v) is 11.5. The minimum Gasteiger partial charge on any atom is -0.772 e. The molecule has 0 aromatic carbocycles. The number of nitrogens with zero attached hydrogens (tertiary/aromatic N) is 1. The van der Waals surface area contributed by atoms with Gasteiger partial charge < -0.3 is 20.0 Å². The van der Waals surface area contributed by atoms with E-state index < -0.39 is 0 Å². The Morgan fingerprint density at radius 1 is 0.944 bits per heavy atom. The number of carbonyl (C=O) groups excluding carboxylic acids is 2. The zero-order chi connectivity index (χ0) is 13.8. The largest absolute Gasteiger partial charge is 0.772 e. The van der Waals surface area contributed by atoms with Crippen LogP contribution in [0.2, 0.25) is 0 Å². The van der Waals surface area contributed by atoms with Crippen molar-refractivity contribution in [3.63, 3.8) is 0 Å². The molecule has 0 aliphatic carbocycles. The van der Waals surface area contributed by atoms with Gasteiger partial charge >= 0.3 is 0 Å². The normalized spacial score (nSPS) is 10.9. The summed E-state index contributed by atoms with van der Waals surface area (Å²) < 4.78 is 0. The second-order valence-electron chi connectivity index (χ2n) is 4.68. The third kappa shape index (κ3) is 13.3. The number of nitrogens with one attached hydrogen (secondary N) is 1. The van der Waals surface area contributed by atoms with Gasteiger partial charge in [-0.3, -0.25) is 5.43 Å². The summed E-state index contributed by atoms with van der Waals surface area (Å²) in [4.78, 5) is 21.4. The Kier molecular flexibility index (Phi) is 10.8. The third-order valence-electron chi connectivity index (χ3n) is 2.63. The summed E-state index contributed by atoms with van der Waals surface area (Å²) in [6.45, 7) is 4.22. The van der Waals surface area contributed by atoms with Crippen molar-refractivity contribution in [1.29, 1.82) is 0 Å². The van der Waals surface area contributed by atoms with Gasteiger partial charge in [0.05, 0.1) is 0 Å². The molecule has 0 aromatic heterocycles. The second-order valence-corrected chi connectivity index (χ2v) is 4.68. The molecule has 0 unspecified atom stereocenters. The summed E-state index contributed by atoms with van der Waals surface area (Å²) >= 11 is 0. The Morgan fingerprint density at radius 3 is 2.06 bits per heavy atom. The first-order valence-electron chi connectivity index (χ1n) is 6.69. The first-order chi connectivity index (χ1) is 8.52. The van der Waals surface area contributed by atoms with E-state index in [1.165, 1.54) is 0 Å². The van der Waals surface area contributed by atoms with Crippen LogP contribution in [0.1, 0.15) is 58.8 Å². The van der Waals surface area contributed by atoms with E-state index in [1.54, 1.807) is 13.8 Å². The highest BCUT2D eigenvalue weighted by Crippen LogP contribution is 2.00. The van der Waals surface area contributed by atoms with Gasteiger partial charge in [0.15, 0.2) is 0 Å². The predicted octanol–water partition coefficient (Wildman–Crippen LogP) is 2.20. The Hall–Kier alpha value is -0.780. The first kappa shape index (κ1) is 17.2. The van der Waals surface area contributed by atoms with E-state index in [2.05, 4.69) is 5.43 Å². The smallest absolute Gasteiger partial charge is 0.129 e. The molecule has 0 bridgehead atoms. The lowest BCUT2D eigenvalue weighted by atomic mass is 10.1. The highest BCUT2D eigenvalue weighted by atomic mass is 16.5. The first-order valence-corrected chi connectivity index (χ1v) is 6.69. The fourth-order valence-electron chi connectivity index (χ4n) is 1.59. The maximum atomic E-state index is 11.3. The Bertz CT molecular complexity index is 244. The molecule has 0 fully saturated rings. The summed E-state index contributed by atoms with van der Waals surface area (Å²) in [6.07, 6.45) is 5.46. The van der Waals surface area contributed by atoms with Crippen LogP contribution in [-0.4, -0.2) is 29.8 Å². The lowest BCUT2D eigenvalue weighted by Crippen LogP contribution is -2.34. The van der Waals surface area contributed by atoms with E-state index in [1.807, 2.05) is 0 Å². The van der Waals surface area contributed by atoms with Crippen LogP contribution >= 0.6 is 0 Å². The summed E-state index contributed by atoms with van der Waals surface area (Å²) in [5.74, 6) is 0.393. The quantitative estimate of drug-likeness (QED) is 0.428. The molecule has 5 heteroatoms. The third-order valence-corrected chi connectivity index (χ3v) is 2.63. The molecule has 106 valence electrons. The monoisotopic (exact) mass is 257 g/mol. The van der Waals surface area contributed by atoms with Crippen LogP contribution in [0, 0.1) is 5.21 Å². The van der Waals surface area contributed by atoms with Gasteiger partial charge in [-0.25, -0.2) is 0 Å². The lowest BCUT2D eigenvalue weighted by molar-refractivity contribution is -0.117. The molecule has 0 rings (SSSR count). The molecule has 0 aliphatic heterocycles. The maximum Gasteiger partial charge on any atom is 0.129 e. The van der Waals surface area contributed by atoms with Gasteiger partial charge in [0, 0.05) is 19.4 Å². The lowest BCUT2D eigenvalue weighted by Gasteiger charge is -2.28. The number of ketones is 2. The summed E-state index contributed by atoms with van der Waals surface area (Å²) in [6, 6.07) is 0. The van der Waals surface area contributed by atoms with Crippen LogP contribution in [-0.2, 0) is 9.59 Å².